The Balaban J connectivity index is 1.48. The summed E-state index contributed by atoms with van der Waals surface area (Å²) in [5.41, 5.74) is -4.08. The van der Waals surface area contributed by atoms with Gasteiger partial charge in [-0.3, -0.25) is 9.69 Å². The standard InChI is InChI=1S/C35H49NO11/c1-8-36-16-32(17-41-3)14-13-22(43-5)34-21-15-33(40)29(46-31(39)19-9-11-20(42-4)12-10-19)23(21)35(47-18(2)37,28(38)30(33)45-7)24(27(34)36)25(44-6)26(32)34/h9-12,21-30,38,40H,8,13-17H2,1-7H3/t21-,22+,23-,24+,25+,26-,27-,28+,29-,30+,32+,33+,34+,35-/m1/s1. The number of hydrogen-bond acceptors (Lipinski definition) is 12. The number of esters is 2. The van der Waals surface area contributed by atoms with Crippen molar-refractivity contribution >= 4 is 11.9 Å². The summed E-state index contributed by atoms with van der Waals surface area (Å²) in [4.78, 5) is 29.6. The van der Waals surface area contributed by atoms with Crippen LogP contribution in [0.25, 0.3) is 0 Å². The highest BCUT2D eigenvalue weighted by atomic mass is 16.6. The van der Waals surface area contributed by atoms with Gasteiger partial charge in [0.15, 0.2) is 5.60 Å². The number of likely N-dealkylation sites (tertiary alicyclic amines) is 1. The van der Waals surface area contributed by atoms with Crippen molar-refractivity contribution in [3.63, 3.8) is 0 Å². The molecule has 0 aromatic heterocycles. The first-order valence-electron chi connectivity index (χ1n) is 16.8. The molecular weight excluding hydrogens is 610 g/mol. The minimum absolute atomic E-state index is 0.118. The van der Waals surface area contributed by atoms with Crippen LogP contribution in [-0.4, -0.2) is 130 Å². The van der Waals surface area contributed by atoms with Crippen molar-refractivity contribution in [2.24, 2.45) is 34.5 Å². The molecular formula is C35H49NO11. The van der Waals surface area contributed by atoms with Crippen LogP contribution < -0.4 is 4.74 Å². The van der Waals surface area contributed by atoms with Gasteiger partial charge in [-0.25, -0.2) is 4.79 Å². The number of rotatable bonds is 10. The van der Waals surface area contributed by atoms with Crippen molar-refractivity contribution in [3.8, 4) is 5.75 Å². The monoisotopic (exact) mass is 659 g/mol. The van der Waals surface area contributed by atoms with E-state index < -0.39 is 70.7 Å². The summed E-state index contributed by atoms with van der Waals surface area (Å²) in [6, 6.07) is 6.32. The number of fused-ring (bicyclic) bond motifs is 2. The topological polar surface area (TPSA) is 142 Å². The van der Waals surface area contributed by atoms with Crippen LogP contribution in [0.5, 0.6) is 5.75 Å². The zero-order chi connectivity index (χ0) is 33.7. The largest absolute Gasteiger partial charge is 0.497 e. The van der Waals surface area contributed by atoms with E-state index in [1.165, 1.54) is 14.0 Å². The Labute approximate surface area is 275 Å². The lowest BCUT2D eigenvalue weighted by Gasteiger charge is -2.69. The van der Waals surface area contributed by atoms with E-state index in [9.17, 15) is 19.8 Å². The molecule has 5 aliphatic carbocycles. The summed E-state index contributed by atoms with van der Waals surface area (Å²) in [7, 11) is 8.11. The van der Waals surface area contributed by atoms with Crippen LogP contribution in [0.3, 0.4) is 0 Å². The first-order valence-corrected chi connectivity index (χ1v) is 16.8. The third-order valence-electron chi connectivity index (χ3n) is 13.4. The van der Waals surface area contributed by atoms with Gasteiger partial charge in [0.2, 0.25) is 0 Å². The van der Waals surface area contributed by atoms with Gasteiger partial charge in [0.25, 0.3) is 0 Å². The average Bonchev–Trinajstić information content (AvgIpc) is 3.43. The minimum Gasteiger partial charge on any atom is -0.497 e. The molecule has 0 amide bonds. The van der Waals surface area contributed by atoms with Gasteiger partial charge in [-0.2, -0.15) is 0 Å². The molecule has 6 aliphatic rings. The second-order valence-corrected chi connectivity index (χ2v) is 14.7. The lowest BCUT2D eigenvalue weighted by molar-refractivity contribution is -0.317. The molecule has 1 aliphatic heterocycles. The molecule has 7 bridgehead atoms. The number of benzene rings is 1. The Hall–Kier alpha value is -2.32. The van der Waals surface area contributed by atoms with Crippen molar-refractivity contribution in [3.05, 3.63) is 29.8 Å². The summed E-state index contributed by atoms with van der Waals surface area (Å²) >= 11 is 0. The van der Waals surface area contributed by atoms with Crippen LogP contribution in [0.4, 0.5) is 0 Å². The van der Waals surface area contributed by atoms with E-state index >= 15 is 0 Å². The number of carbonyl (C=O) groups is 2. The van der Waals surface area contributed by atoms with Crippen LogP contribution in [-0.2, 0) is 33.2 Å². The molecule has 14 atom stereocenters. The van der Waals surface area contributed by atoms with E-state index in [4.69, 9.17) is 33.2 Å². The Kier molecular flexibility index (Phi) is 8.02. The number of aliphatic hydroxyl groups excluding tert-OH is 1. The third-order valence-corrected chi connectivity index (χ3v) is 13.4. The van der Waals surface area contributed by atoms with Crippen molar-refractivity contribution in [1.82, 2.24) is 4.90 Å². The van der Waals surface area contributed by atoms with Crippen LogP contribution in [0, 0.1) is 34.5 Å². The molecule has 1 aromatic rings. The second kappa shape index (κ2) is 11.4. The maximum Gasteiger partial charge on any atom is 0.338 e. The number of nitrogens with zero attached hydrogens (tertiary/aromatic N) is 1. The number of hydrogen-bond donors (Lipinski definition) is 2. The molecule has 260 valence electrons. The highest BCUT2D eigenvalue weighted by Crippen LogP contribution is 2.80. The highest BCUT2D eigenvalue weighted by Gasteiger charge is 2.91. The van der Waals surface area contributed by atoms with E-state index in [2.05, 4.69) is 11.8 Å². The molecule has 7 rings (SSSR count). The van der Waals surface area contributed by atoms with Gasteiger partial charge in [-0.15, -0.1) is 0 Å². The predicted molar refractivity (Wildman–Crippen MR) is 166 cm³/mol. The Morgan fingerprint density at radius 2 is 1.72 bits per heavy atom. The molecule has 2 N–H and O–H groups in total. The summed E-state index contributed by atoms with van der Waals surface area (Å²) in [6.07, 6.45) is -2.79. The smallest absolute Gasteiger partial charge is 0.338 e. The second-order valence-electron chi connectivity index (χ2n) is 14.7. The van der Waals surface area contributed by atoms with Gasteiger partial charge in [0.05, 0.1) is 31.5 Å². The normalized spacial score (nSPS) is 47.4. The Morgan fingerprint density at radius 3 is 2.30 bits per heavy atom. The third kappa shape index (κ3) is 3.95. The fourth-order valence-electron chi connectivity index (χ4n) is 12.5. The first-order chi connectivity index (χ1) is 22.5. The molecule has 12 nitrogen and oxygen atoms in total. The number of methoxy groups -OCH3 is 5. The van der Waals surface area contributed by atoms with Crippen molar-refractivity contribution in [2.75, 3.05) is 55.2 Å². The summed E-state index contributed by atoms with van der Waals surface area (Å²) < 4.78 is 43.1. The maximum atomic E-state index is 13.9. The lowest BCUT2D eigenvalue weighted by atomic mass is 9.43. The van der Waals surface area contributed by atoms with Crippen molar-refractivity contribution in [2.45, 2.75) is 80.9 Å². The van der Waals surface area contributed by atoms with E-state index in [0.717, 1.165) is 19.4 Å². The molecule has 1 aromatic carbocycles. The SMILES string of the molecule is CCN1C[C@]2(COC)CC[C@H](OC)[C@@]34[C@@H]5C[C@]6(O)[C@H](OC(=O)c7ccc(OC)cc7)[C@@H]5[C@@](OC(C)=O)([C@@H]([C@H](OC)[C@H]23)[C@@H]14)[C@@H](O)[C@@H]6OC. The van der Waals surface area contributed by atoms with Crippen LogP contribution in [0.1, 0.15) is 43.5 Å². The molecule has 1 heterocycles. The van der Waals surface area contributed by atoms with E-state index in [0.29, 0.717) is 18.9 Å². The minimum atomic E-state index is -1.79. The molecule has 1 spiro atoms. The molecule has 6 fully saturated rings. The summed E-state index contributed by atoms with van der Waals surface area (Å²) in [6.45, 7) is 5.39. The average molecular weight is 660 g/mol. The molecule has 1 saturated heterocycles. The molecule has 47 heavy (non-hydrogen) atoms. The van der Waals surface area contributed by atoms with Gasteiger partial charge in [0.1, 0.15) is 29.7 Å². The zero-order valence-electron chi connectivity index (χ0n) is 28.3. The van der Waals surface area contributed by atoms with E-state index in [1.54, 1.807) is 52.7 Å². The van der Waals surface area contributed by atoms with E-state index in [-0.39, 0.29) is 35.5 Å². The fraction of sp³-hybridized carbons (Fsp3) is 0.771. The predicted octanol–water partition coefficient (Wildman–Crippen LogP) is 1.69. The number of carbonyl (C=O) groups excluding carboxylic acids is 2. The van der Waals surface area contributed by atoms with Gasteiger partial charge in [0, 0.05) is 76.5 Å². The van der Waals surface area contributed by atoms with Crippen LogP contribution >= 0.6 is 0 Å². The number of piperidine rings is 1. The number of ether oxygens (including phenoxy) is 7. The molecule has 0 radical (unpaired) electrons. The lowest BCUT2D eigenvalue weighted by Crippen LogP contribution is -2.80. The van der Waals surface area contributed by atoms with Crippen molar-refractivity contribution in [1.29, 1.82) is 0 Å². The van der Waals surface area contributed by atoms with Crippen LogP contribution in [0.2, 0.25) is 0 Å². The number of aliphatic hydroxyl groups is 2. The molecule has 12 heteroatoms. The molecule has 5 saturated carbocycles. The van der Waals surface area contributed by atoms with E-state index in [1.807, 2.05) is 0 Å². The summed E-state index contributed by atoms with van der Waals surface area (Å²) in [5.74, 6) is -2.51. The van der Waals surface area contributed by atoms with Gasteiger partial charge < -0.3 is 43.4 Å². The van der Waals surface area contributed by atoms with Gasteiger partial charge in [-0.1, -0.05) is 6.92 Å². The van der Waals surface area contributed by atoms with Gasteiger partial charge in [-0.05, 0) is 56.0 Å². The van der Waals surface area contributed by atoms with Gasteiger partial charge >= 0.3 is 11.9 Å². The van der Waals surface area contributed by atoms with Crippen molar-refractivity contribution < 1.29 is 53.0 Å². The fourth-order valence-corrected chi connectivity index (χ4v) is 12.5. The maximum absolute atomic E-state index is 13.9. The first kappa shape index (κ1) is 33.2. The zero-order valence-corrected chi connectivity index (χ0v) is 28.3. The summed E-state index contributed by atoms with van der Waals surface area (Å²) in [5, 5.41) is 25.4. The van der Waals surface area contributed by atoms with Crippen LogP contribution in [0.15, 0.2) is 24.3 Å². The quantitative estimate of drug-likeness (QED) is 0.353. The molecule has 0 unspecified atom stereocenters. The Morgan fingerprint density at radius 1 is 1.00 bits per heavy atom. The Bertz CT molecular complexity index is 1390. The highest BCUT2D eigenvalue weighted by molar-refractivity contribution is 5.89.